The number of anilines is 1. The van der Waals surface area contributed by atoms with E-state index in [1.165, 1.54) is 0 Å². The van der Waals surface area contributed by atoms with E-state index in [1.807, 2.05) is 101 Å². The van der Waals surface area contributed by atoms with Crippen molar-refractivity contribution in [1.82, 2.24) is 4.90 Å². The quantitative estimate of drug-likeness (QED) is 0.295. The van der Waals surface area contributed by atoms with Gasteiger partial charge in [-0.15, -0.1) is 0 Å². The van der Waals surface area contributed by atoms with Crippen LogP contribution >= 0.6 is 0 Å². The molecule has 0 radical (unpaired) electrons. The number of hydrogen-bond donors (Lipinski definition) is 0. The summed E-state index contributed by atoms with van der Waals surface area (Å²) in [4.78, 5) is 31.1. The van der Waals surface area contributed by atoms with E-state index in [1.54, 1.807) is 14.0 Å². The van der Waals surface area contributed by atoms with E-state index in [-0.39, 0.29) is 17.9 Å². The summed E-state index contributed by atoms with van der Waals surface area (Å²) in [7, 11) is 1.62. The Kier molecular flexibility index (Phi) is 6.96. The molecule has 0 unspecified atom stereocenters. The number of carbonyl (C=O) groups is 2. The molecule has 1 saturated heterocycles. The van der Waals surface area contributed by atoms with Gasteiger partial charge >= 0.3 is 0 Å². The van der Waals surface area contributed by atoms with Crippen molar-refractivity contribution in [1.29, 1.82) is 5.26 Å². The smallest absolute Gasteiger partial charge is 0.243 e. The molecule has 6 heteroatoms. The molecule has 4 aromatic carbocycles. The number of carbonyl (C=O) groups excluding carboxylic acids is 2. The Balaban J connectivity index is 1.35. The first-order valence-electron chi connectivity index (χ1n) is 14.2. The van der Waals surface area contributed by atoms with Crippen molar-refractivity contribution in [2.75, 3.05) is 25.1 Å². The maximum absolute atomic E-state index is 14.4. The van der Waals surface area contributed by atoms with Crippen LogP contribution in [0.25, 0.3) is 10.8 Å². The van der Waals surface area contributed by atoms with Gasteiger partial charge < -0.3 is 14.5 Å². The number of nitriles is 1. The van der Waals surface area contributed by atoms with Gasteiger partial charge in [0.2, 0.25) is 11.8 Å². The monoisotopic (exact) mass is 543 g/mol. The Bertz CT molecular complexity index is 1660. The number of fused-ring (bicyclic) bond motifs is 2. The highest BCUT2D eigenvalue weighted by Gasteiger charge is 2.48. The lowest BCUT2D eigenvalue weighted by molar-refractivity contribution is -0.140. The van der Waals surface area contributed by atoms with Crippen LogP contribution in [0.4, 0.5) is 5.69 Å². The third kappa shape index (κ3) is 4.52. The first-order chi connectivity index (χ1) is 20.0. The highest BCUT2D eigenvalue weighted by Crippen LogP contribution is 2.47. The molecular formula is C35H33N3O3. The third-order valence-corrected chi connectivity index (χ3v) is 8.82. The standard InChI is InChI=1S/C35H33N3O3/c1-35(23-36,34(40)37-20-18-26(19-21-37)38-30-16-7-4-11-25(30)22-32(38)39)33(29-14-6-8-17-31(29)41-2)28-15-9-12-24-10-3-5-13-27(24)28/h3-17,26,33H,18-22H2,1-2H3/t33-,35+/m0/s1. The summed E-state index contributed by atoms with van der Waals surface area (Å²) in [5, 5.41) is 12.8. The van der Waals surface area contributed by atoms with Crippen molar-refractivity contribution in [2.24, 2.45) is 5.41 Å². The highest BCUT2D eigenvalue weighted by atomic mass is 16.5. The van der Waals surface area contributed by atoms with Crippen molar-refractivity contribution >= 4 is 28.3 Å². The number of likely N-dealkylation sites (tertiary alicyclic amines) is 1. The number of para-hydroxylation sites is 2. The van der Waals surface area contributed by atoms with E-state index < -0.39 is 11.3 Å². The lowest BCUT2D eigenvalue weighted by Crippen LogP contribution is -2.52. The molecule has 6 rings (SSSR count). The summed E-state index contributed by atoms with van der Waals surface area (Å²) in [6.45, 7) is 2.74. The van der Waals surface area contributed by atoms with Crippen LogP contribution in [-0.2, 0) is 16.0 Å². The SMILES string of the molecule is COc1ccccc1[C@H](c1cccc2ccccc12)[C@@](C)(C#N)C(=O)N1CCC(N2C(=O)Cc3ccccc32)CC1. The van der Waals surface area contributed by atoms with Crippen LogP contribution in [0.5, 0.6) is 5.75 Å². The molecule has 206 valence electrons. The maximum Gasteiger partial charge on any atom is 0.243 e. The third-order valence-electron chi connectivity index (χ3n) is 8.82. The van der Waals surface area contributed by atoms with Crippen LogP contribution < -0.4 is 9.64 Å². The molecule has 2 aliphatic heterocycles. The fourth-order valence-electron chi connectivity index (χ4n) is 6.77. The molecular weight excluding hydrogens is 510 g/mol. The number of hydrogen-bond acceptors (Lipinski definition) is 4. The minimum atomic E-state index is -1.40. The fraction of sp³-hybridized carbons (Fsp3) is 0.286. The van der Waals surface area contributed by atoms with Crippen molar-refractivity contribution < 1.29 is 14.3 Å². The lowest BCUT2D eigenvalue weighted by atomic mass is 9.68. The minimum absolute atomic E-state index is 0.0339. The van der Waals surface area contributed by atoms with E-state index in [2.05, 4.69) is 6.07 Å². The largest absolute Gasteiger partial charge is 0.496 e. The predicted molar refractivity (Wildman–Crippen MR) is 160 cm³/mol. The normalized spacial score (nSPS) is 17.5. The van der Waals surface area contributed by atoms with Gasteiger partial charge in [-0.3, -0.25) is 9.59 Å². The summed E-state index contributed by atoms with van der Waals surface area (Å²) in [5.41, 5.74) is 2.36. The average Bonchev–Trinajstić information content (AvgIpc) is 3.36. The fourth-order valence-corrected chi connectivity index (χ4v) is 6.77. The van der Waals surface area contributed by atoms with Gasteiger partial charge in [-0.05, 0) is 53.8 Å². The molecule has 0 aliphatic carbocycles. The van der Waals surface area contributed by atoms with Gasteiger partial charge in [-0.2, -0.15) is 5.26 Å². The average molecular weight is 544 g/mol. The molecule has 0 saturated carbocycles. The van der Waals surface area contributed by atoms with Crippen LogP contribution in [0.2, 0.25) is 0 Å². The predicted octanol–water partition coefficient (Wildman–Crippen LogP) is 6.09. The van der Waals surface area contributed by atoms with E-state index in [9.17, 15) is 14.9 Å². The van der Waals surface area contributed by atoms with Crippen LogP contribution in [0.1, 0.15) is 42.4 Å². The first kappa shape index (κ1) is 26.6. The lowest BCUT2D eigenvalue weighted by Gasteiger charge is -2.41. The number of methoxy groups -OCH3 is 1. The Morgan fingerprint density at radius 2 is 1.59 bits per heavy atom. The van der Waals surface area contributed by atoms with E-state index in [4.69, 9.17) is 4.74 Å². The van der Waals surface area contributed by atoms with Crippen LogP contribution in [0.15, 0.2) is 91.0 Å². The molecule has 2 amide bonds. The van der Waals surface area contributed by atoms with Crippen LogP contribution in [-0.4, -0.2) is 43.0 Å². The topological polar surface area (TPSA) is 73.6 Å². The van der Waals surface area contributed by atoms with Gasteiger partial charge in [0.1, 0.15) is 11.2 Å². The number of rotatable bonds is 6. The zero-order valence-corrected chi connectivity index (χ0v) is 23.4. The Hall–Kier alpha value is -4.63. The first-order valence-corrected chi connectivity index (χ1v) is 14.2. The van der Waals surface area contributed by atoms with E-state index in [0.29, 0.717) is 38.1 Å². The summed E-state index contributed by atoms with van der Waals surface area (Å²) in [6, 6.07) is 32.2. The summed E-state index contributed by atoms with van der Waals surface area (Å²) >= 11 is 0. The van der Waals surface area contributed by atoms with Crippen molar-refractivity contribution in [2.45, 2.75) is 38.1 Å². The van der Waals surface area contributed by atoms with Crippen molar-refractivity contribution in [3.8, 4) is 11.8 Å². The molecule has 0 bridgehead atoms. The van der Waals surface area contributed by atoms with Crippen molar-refractivity contribution in [3.05, 3.63) is 108 Å². The second-order valence-corrected chi connectivity index (χ2v) is 11.2. The zero-order chi connectivity index (χ0) is 28.6. The van der Waals surface area contributed by atoms with E-state index >= 15 is 0 Å². The summed E-state index contributed by atoms with van der Waals surface area (Å²) in [5.74, 6) is -0.00268. The van der Waals surface area contributed by atoms with Crippen LogP contribution in [0, 0.1) is 16.7 Å². The minimum Gasteiger partial charge on any atom is -0.496 e. The number of benzene rings is 4. The highest BCUT2D eigenvalue weighted by molar-refractivity contribution is 6.02. The second kappa shape index (κ2) is 10.7. The van der Waals surface area contributed by atoms with Gasteiger partial charge in [0.05, 0.1) is 19.6 Å². The molecule has 2 atom stereocenters. The number of nitrogens with zero attached hydrogens (tertiary/aromatic N) is 3. The molecule has 2 aliphatic rings. The summed E-state index contributed by atoms with van der Waals surface area (Å²) in [6.07, 6.45) is 1.76. The van der Waals surface area contributed by atoms with Crippen LogP contribution in [0.3, 0.4) is 0 Å². The summed E-state index contributed by atoms with van der Waals surface area (Å²) < 4.78 is 5.76. The van der Waals surface area contributed by atoms with Gasteiger partial charge in [0.15, 0.2) is 0 Å². The molecule has 1 fully saturated rings. The Morgan fingerprint density at radius 1 is 0.927 bits per heavy atom. The van der Waals surface area contributed by atoms with Gasteiger partial charge in [0.25, 0.3) is 0 Å². The zero-order valence-electron chi connectivity index (χ0n) is 23.4. The number of piperidine rings is 1. The molecule has 41 heavy (non-hydrogen) atoms. The number of ether oxygens (including phenoxy) is 1. The van der Waals surface area contributed by atoms with Gasteiger partial charge in [0, 0.05) is 36.3 Å². The molecule has 0 N–H and O–H groups in total. The molecule has 2 heterocycles. The van der Waals surface area contributed by atoms with E-state index in [0.717, 1.165) is 33.2 Å². The molecule has 0 aromatic heterocycles. The molecule has 4 aromatic rings. The van der Waals surface area contributed by atoms with Crippen molar-refractivity contribution in [3.63, 3.8) is 0 Å². The van der Waals surface area contributed by atoms with Gasteiger partial charge in [-0.1, -0.05) is 78.9 Å². The number of amides is 2. The molecule has 0 spiro atoms. The second-order valence-electron chi connectivity index (χ2n) is 11.2. The molecule has 6 nitrogen and oxygen atoms in total. The van der Waals surface area contributed by atoms with Gasteiger partial charge in [-0.25, -0.2) is 0 Å². The Labute approximate surface area is 240 Å². The maximum atomic E-state index is 14.4. The Morgan fingerprint density at radius 3 is 2.37 bits per heavy atom.